The number of carbonyl (C=O) groups is 1. The van der Waals surface area contributed by atoms with Gasteiger partial charge < -0.3 is 9.84 Å². The van der Waals surface area contributed by atoms with Gasteiger partial charge >= 0.3 is 0 Å². The van der Waals surface area contributed by atoms with E-state index in [1.165, 1.54) is 36.4 Å². The summed E-state index contributed by atoms with van der Waals surface area (Å²) in [6, 6.07) is 10.9. The summed E-state index contributed by atoms with van der Waals surface area (Å²) in [5.74, 6) is 0.971. The second-order valence-corrected chi connectivity index (χ2v) is 10.6. The van der Waals surface area contributed by atoms with Gasteiger partial charge in [-0.1, -0.05) is 58.6 Å². The van der Waals surface area contributed by atoms with Crippen molar-refractivity contribution in [2.24, 2.45) is 5.10 Å². The van der Waals surface area contributed by atoms with Gasteiger partial charge in [0.25, 0.3) is 5.91 Å². The molecule has 1 amide bonds. The van der Waals surface area contributed by atoms with E-state index in [2.05, 4.69) is 36.7 Å². The van der Waals surface area contributed by atoms with Gasteiger partial charge in [-0.05, 0) is 51.3 Å². The highest BCUT2D eigenvalue weighted by molar-refractivity contribution is 9.10. The van der Waals surface area contributed by atoms with Crippen LogP contribution in [0, 0.1) is 0 Å². The normalized spacial score (nSPS) is 11.1. The number of phenols is 1. The van der Waals surface area contributed by atoms with Crippen molar-refractivity contribution in [2.75, 3.05) is 12.9 Å². The highest BCUT2D eigenvalue weighted by Crippen LogP contribution is 2.34. The number of aromatic hydroxyl groups is 1. The Labute approximate surface area is 204 Å². The lowest BCUT2D eigenvalue weighted by Gasteiger charge is -2.06. The first kappa shape index (κ1) is 23.9. The van der Waals surface area contributed by atoms with E-state index in [9.17, 15) is 9.90 Å². The van der Waals surface area contributed by atoms with Crippen molar-refractivity contribution >= 4 is 74.5 Å². The van der Waals surface area contributed by atoms with Crippen molar-refractivity contribution < 1.29 is 14.6 Å². The SMILES string of the molecule is COc1cc(/C=N/NC(=O)CSc2nnc(SCc3ccc(Cl)cc3)s2)cc(Br)c1O. The number of carbonyl (C=O) groups excluding carboxylic acids is 1. The summed E-state index contributed by atoms with van der Waals surface area (Å²) in [7, 11) is 1.45. The van der Waals surface area contributed by atoms with E-state index in [1.54, 1.807) is 23.9 Å². The van der Waals surface area contributed by atoms with E-state index in [-0.39, 0.29) is 17.4 Å². The van der Waals surface area contributed by atoms with Gasteiger partial charge in [-0.3, -0.25) is 4.79 Å². The third-order valence-corrected chi connectivity index (χ3v) is 7.78. The molecule has 1 heterocycles. The maximum absolute atomic E-state index is 12.0. The van der Waals surface area contributed by atoms with E-state index < -0.39 is 0 Å². The van der Waals surface area contributed by atoms with Crippen LogP contribution in [0.15, 0.2) is 54.7 Å². The van der Waals surface area contributed by atoms with Crippen molar-refractivity contribution in [1.82, 2.24) is 15.6 Å². The average Bonchev–Trinajstić information content (AvgIpc) is 3.22. The monoisotopic (exact) mass is 558 g/mol. The van der Waals surface area contributed by atoms with Gasteiger partial charge in [0.2, 0.25) is 0 Å². The Hall–Kier alpha value is -1.79. The summed E-state index contributed by atoms with van der Waals surface area (Å²) in [5.41, 5.74) is 4.26. The zero-order valence-corrected chi connectivity index (χ0v) is 20.8. The average molecular weight is 560 g/mol. The van der Waals surface area contributed by atoms with Crippen LogP contribution in [0.1, 0.15) is 11.1 Å². The van der Waals surface area contributed by atoms with Gasteiger partial charge in [0.05, 0.1) is 23.5 Å². The lowest BCUT2D eigenvalue weighted by Crippen LogP contribution is -2.19. The molecular weight excluding hydrogens is 544 g/mol. The second kappa shape index (κ2) is 11.7. The second-order valence-electron chi connectivity index (χ2n) is 5.88. The number of hydrazone groups is 1. The third-order valence-electron chi connectivity index (χ3n) is 3.66. The number of aromatic nitrogens is 2. The van der Waals surface area contributed by atoms with Crippen LogP contribution in [0.25, 0.3) is 0 Å². The molecule has 0 unspecified atom stereocenters. The van der Waals surface area contributed by atoms with Crippen LogP contribution in [-0.2, 0) is 10.5 Å². The molecule has 0 aliphatic heterocycles. The van der Waals surface area contributed by atoms with Crippen molar-refractivity contribution in [3.05, 3.63) is 57.0 Å². The molecule has 0 aliphatic rings. The molecule has 0 fully saturated rings. The van der Waals surface area contributed by atoms with Crippen molar-refractivity contribution in [3.8, 4) is 11.5 Å². The molecule has 0 radical (unpaired) electrons. The predicted molar refractivity (Wildman–Crippen MR) is 130 cm³/mol. The molecule has 0 saturated carbocycles. The molecule has 0 aliphatic carbocycles. The van der Waals surface area contributed by atoms with Gasteiger partial charge in [0.15, 0.2) is 20.2 Å². The largest absolute Gasteiger partial charge is 0.503 e. The molecule has 0 saturated heterocycles. The highest BCUT2D eigenvalue weighted by atomic mass is 79.9. The van der Waals surface area contributed by atoms with Crippen LogP contribution in [0.2, 0.25) is 5.02 Å². The predicted octanol–water partition coefficient (Wildman–Crippen LogP) is 5.20. The number of ether oxygens (including phenoxy) is 1. The van der Waals surface area contributed by atoms with E-state index in [1.807, 2.05) is 24.3 Å². The summed E-state index contributed by atoms with van der Waals surface area (Å²) >= 11 is 13.5. The first-order chi connectivity index (χ1) is 14.9. The molecule has 3 aromatic rings. The Bertz CT molecular complexity index is 1080. The fourth-order valence-electron chi connectivity index (χ4n) is 2.20. The fourth-order valence-corrected chi connectivity index (χ4v) is 5.56. The first-order valence-electron chi connectivity index (χ1n) is 8.66. The van der Waals surface area contributed by atoms with Crippen molar-refractivity contribution in [1.29, 1.82) is 0 Å². The Morgan fingerprint density at radius 2 is 2.00 bits per heavy atom. The van der Waals surface area contributed by atoms with Crippen LogP contribution < -0.4 is 10.2 Å². The van der Waals surface area contributed by atoms with E-state index >= 15 is 0 Å². The Balaban J connectivity index is 1.44. The maximum Gasteiger partial charge on any atom is 0.250 e. The minimum absolute atomic E-state index is 0.00263. The molecule has 0 spiro atoms. The molecule has 7 nitrogen and oxygen atoms in total. The Kier molecular flexibility index (Phi) is 9.02. The smallest absolute Gasteiger partial charge is 0.250 e. The fraction of sp³-hybridized carbons (Fsp3) is 0.158. The summed E-state index contributed by atoms with van der Waals surface area (Å²) < 4.78 is 7.10. The lowest BCUT2D eigenvalue weighted by atomic mass is 10.2. The molecule has 1 aromatic heterocycles. The highest BCUT2D eigenvalue weighted by Gasteiger charge is 2.10. The molecule has 12 heteroatoms. The number of rotatable bonds is 9. The maximum atomic E-state index is 12.0. The Morgan fingerprint density at radius 3 is 2.71 bits per heavy atom. The minimum Gasteiger partial charge on any atom is -0.503 e. The summed E-state index contributed by atoms with van der Waals surface area (Å²) in [4.78, 5) is 12.0. The van der Waals surface area contributed by atoms with E-state index in [0.29, 0.717) is 25.1 Å². The zero-order chi connectivity index (χ0) is 22.2. The van der Waals surface area contributed by atoms with Crippen LogP contribution in [-0.4, -0.2) is 40.3 Å². The quantitative estimate of drug-likeness (QED) is 0.211. The number of hydrogen-bond acceptors (Lipinski definition) is 9. The van der Waals surface area contributed by atoms with Gasteiger partial charge in [-0.2, -0.15) is 5.10 Å². The van der Waals surface area contributed by atoms with Crippen LogP contribution in [0.3, 0.4) is 0 Å². The molecule has 2 aromatic carbocycles. The van der Waals surface area contributed by atoms with Crippen molar-refractivity contribution in [3.63, 3.8) is 0 Å². The number of phenolic OH excluding ortho intramolecular Hbond substituents is 1. The standard InChI is InChI=1S/C19H16BrClN4O3S3/c1-28-15-7-12(6-14(20)17(15)27)8-22-23-16(26)10-30-19-25-24-18(31-19)29-9-11-2-4-13(21)5-3-11/h2-8,27H,9-10H2,1H3,(H,23,26)/b22-8+. The third kappa shape index (κ3) is 7.39. The number of benzene rings is 2. The molecule has 0 atom stereocenters. The summed E-state index contributed by atoms with van der Waals surface area (Å²) in [5, 5.41) is 22.7. The van der Waals surface area contributed by atoms with Crippen molar-refractivity contribution in [2.45, 2.75) is 14.4 Å². The number of methoxy groups -OCH3 is 1. The molecule has 162 valence electrons. The number of nitrogens with one attached hydrogen (secondary N) is 1. The number of thioether (sulfide) groups is 2. The molecule has 0 bridgehead atoms. The van der Waals surface area contributed by atoms with E-state index in [0.717, 1.165) is 15.7 Å². The van der Waals surface area contributed by atoms with Gasteiger partial charge in [0.1, 0.15) is 0 Å². The van der Waals surface area contributed by atoms with Gasteiger partial charge in [0, 0.05) is 10.8 Å². The van der Waals surface area contributed by atoms with Gasteiger partial charge in [-0.25, -0.2) is 5.43 Å². The molecule has 3 rings (SSSR count). The lowest BCUT2D eigenvalue weighted by molar-refractivity contribution is -0.118. The molecular formula is C19H16BrClN4O3S3. The Morgan fingerprint density at radius 1 is 1.29 bits per heavy atom. The first-order valence-corrected chi connectivity index (χ1v) is 12.6. The number of amides is 1. The minimum atomic E-state index is -0.267. The van der Waals surface area contributed by atoms with E-state index in [4.69, 9.17) is 16.3 Å². The number of hydrogen-bond donors (Lipinski definition) is 2. The summed E-state index contributed by atoms with van der Waals surface area (Å²) in [6.07, 6.45) is 1.46. The van der Waals surface area contributed by atoms with Gasteiger partial charge in [-0.15, -0.1) is 10.2 Å². The van der Waals surface area contributed by atoms with Crippen LogP contribution in [0.4, 0.5) is 0 Å². The van der Waals surface area contributed by atoms with Crippen LogP contribution in [0.5, 0.6) is 11.5 Å². The summed E-state index contributed by atoms with van der Waals surface area (Å²) in [6.45, 7) is 0. The molecule has 31 heavy (non-hydrogen) atoms. The number of halogens is 2. The zero-order valence-electron chi connectivity index (χ0n) is 16.0. The topological polar surface area (TPSA) is 96.7 Å². The van der Waals surface area contributed by atoms with Crippen LogP contribution >= 0.6 is 62.4 Å². The number of nitrogens with zero attached hydrogens (tertiary/aromatic N) is 3. The molecule has 2 N–H and O–H groups in total.